The standard InChI is InChI=1S/C42H70O15/c1-19(43)25-13-15-42(48)26-11-10-23-16-24(12-14-40(23,5)31(26)33(45)38(47)41(25,42)6)55-29-17-27(49-7)35(21(3)52-29)56-30-18-28(50-8)36(22(4)53-30)57-39-34(46)37(51-9)32(44)20(2)54-39/h10,19-22,24-39,43-48H,11-18H2,1-9H3/t19-,20-,21-,22-,24-,25+,26+,27+,28+,29+,30+,31-,32-,33+,34-,35-,36-,37-,38-,39+,40+,41+,42-/m1/s1. The number of rotatable bonds is 10. The number of aliphatic hydroxyl groups excluding tert-OH is 5. The molecule has 3 aliphatic heterocycles. The molecular weight excluding hydrogens is 744 g/mol. The Morgan fingerprint density at radius 1 is 0.737 bits per heavy atom. The minimum Gasteiger partial charge on any atom is -0.393 e. The Morgan fingerprint density at radius 2 is 1.35 bits per heavy atom. The molecular formula is C42H70O15. The molecule has 15 heteroatoms. The molecule has 0 aromatic heterocycles. The van der Waals surface area contributed by atoms with Crippen molar-refractivity contribution >= 4 is 0 Å². The molecule has 6 N–H and O–H groups in total. The predicted molar refractivity (Wildman–Crippen MR) is 202 cm³/mol. The molecule has 0 spiro atoms. The van der Waals surface area contributed by atoms with Crippen LogP contribution in [0, 0.1) is 28.6 Å². The molecule has 6 fully saturated rings. The Morgan fingerprint density at radius 3 is 1.95 bits per heavy atom. The van der Waals surface area contributed by atoms with Gasteiger partial charge in [0.2, 0.25) is 0 Å². The number of allylic oxidation sites excluding steroid dienone is 1. The highest BCUT2D eigenvalue weighted by atomic mass is 16.8. The molecule has 23 atom stereocenters. The minimum atomic E-state index is -1.22. The van der Waals surface area contributed by atoms with Crippen LogP contribution >= 0.6 is 0 Å². The topological polar surface area (TPSA) is 204 Å². The zero-order valence-electron chi connectivity index (χ0n) is 35.1. The van der Waals surface area contributed by atoms with Crippen molar-refractivity contribution in [2.45, 2.75) is 203 Å². The molecule has 3 saturated heterocycles. The van der Waals surface area contributed by atoms with Crippen LogP contribution in [0.5, 0.6) is 0 Å². The molecule has 0 amide bonds. The summed E-state index contributed by atoms with van der Waals surface area (Å²) in [6.07, 6.45) is -4.95. The second-order valence-electron chi connectivity index (χ2n) is 18.7. The number of ether oxygens (including phenoxy) is 9. The molecule has 0 unspecified atom stereocenters. The maximum Gasteiger partial charge on any atom is 0.187 e. The fourth-order valence-corrected chi connectivity index (χ4v) is 12.6. The maximum absolute atomic E-state index is 12.4. The Hall–Kier alpha value is -0.860. The van der Waals surface area contributed by atoms with E-state index in [-0.39, 0.29) is 30.0 Å². The second-order valence-corrected chi connectivity index (χ2v) is 18.7. The van der Waals surface area contributed by atoms with Crippen LogP contribution < -0.4 is 0 Å². The van der Waals surface area contributed by atoms with Gasteiger partial charge in [0.15, 0.2) is 18.9 Å². The van der Waals surface area contributed by atoms with Crippen molar-refractivity contribution in [1.29, 1.82) is 0 Å². The number of fused-ring (bicyclic) bond motifs is 5. The molecule has 3 heterocycles. The van der Waals surface area contributed by atoms with Gasteiger partial charge in [-0.3, -0.25) is 0 Å². The normalized spacial score (nSPS) is 54.6. The summed E-state index contributed by atoms with van der Waals surface area (Å²) in [6, 6.07) is 0. The number of hydrogen-bond donors (Lipinski definition) is 6. The first-order valence-electron chi connectivity index (χ1n) is 21.3. The van der Waals surface area contributed by atoms with Gasteiger partial charge in [-0.2, -0.15) is 0 Å². The lowest BCUT2D eigenvalue weighted by molar-refractivity contribution is -0.352. The van der Waals surface area contributed by atoms with E-state index in [2.05, 4.69) is 13.0 Å². The van der Waals surface area contributed by atoms with E-state index in [9.17, 15) is 30.6 Å². The summed E-state index contributed by atoms with van der Waals surface area (Å²) >= 11 is 0. The van der Waals surface area contributed by atoms with Crippen LogP contribution in [-0.4, -0.2) is 162 Å². The van der Waals surface area contributed by atoms with Crippen molar-refractivity contribution in [3.63, 3.8) is 0 Å². The van der Waals surface area contributed by atoms with Gasteiger partial charge in [-0.15, -0.1) is 0 Å². The average Bonchev–Trinajstić information content (AvgIpc) is 3.46. The third-order valence-electron chi connectivity index (χ3n) is 15.8. The molecule has 0 radical (unpaired) electrons. The zero-order chi connectivity index (χ0) is 41.4. The Balaban J connectivity index is 0.960. The SMILES string of the molecule is CO[C@H]1[C@@H](O)[C@H](O[C@H]2[C@@H](OC)C[C@H](O[C@H]3[C@@H](OC)C[C@H](O[C@@H]4CC[C@@]5(C)C(=CC[C@H]6[C@@H]5[C@H](O)[C@@H](O)[C@]5(C)[C@H]([C@@H](C)O)CC[C@@]65O)C4)O[C@@H]3C)O[C@@H]2C)O[C@H](C)[C@H]1O. The van der Waals surface area contributed by atoms with Gasteiger partial charge >= 0.3 is 0 Å². The fraction of sp³-hybridized carbons (Fsp3) is 0.952. The Labute approximate surface area is 337 Å². The lowest BCUT2D eigenvalue weighted by atomic mass is 9.44. The summed E-state index contributed by atoms with van der Waals surface area (Å²) in [5, 5.41) is 67.8. The summed E-state index contributed by atoms with van der Waals surface area (Å²) in [4.78, 5) is 0. The van der Waals surface area contributed by atoms with Crippen LogP contribution in [0.3, 0.4) is 0 Å². The van der Waals surface area contributed by atoms with Crippen molar-refractivity contribution in [2.24, 2.45) is 28.6 Å². The van der Waals surface area contributed by atoms with Gasteiger partial charge in [0, 0.05) is 45.5 Å². The molecule has 0 aromatic carbocycles. The van der Waals surface area contributed by atoms with Gasteiger partial charge in [-0.05, 0) is 83.5 Å². The average molecular weight is 815 g/mol. The number of methoxy groups -OCH3 is 3. The quantitative estimate of drug-likeness (QED) is 0.175. The van der Waals surface area contributed by atoms with E-state index in [0.29, 0.717) is 38.5 Å². The number of hydrogen-bond acceptors (Lipinski definition) is 15. The lowest BCUT2D eigenvalue weighted by Gasteiger charge is -2.64. The summed E-state index contributed by atoms with van der Waals surface area (Å²) in [5.74, 6) is -0.850. The Bertz CT molecular complexity index is 1420. The molecule has 0 aromatic rings. The number of aliphatic hydroxyl groups is 6. The molecule has 4 aliphatic carbocycles. The van der Waals surface area contributed by atoms with Crippen molar-refractivity contribution in [1.82, 2.24) is 0 Å². The first-order valence-corrected chi connectivity index (χ1v) is 21.3. The van der Waals surface area contributed by atoms with E-state index >= 15 is 0 Å². The fourth-order valence-electron chi connectivity index (χ4n) is 12.6. The van der Waals surface area contributed by atoms with Gasteiger partial charge in [-0.25, -0.2) is 0 Å². The van der Waals surface area contributed by atoms with E-state index in [1.165, 1.54) is 12.7 Å². The van der Waals surface area contributed by atoms with Crippen LogP contribution in [0.25, 0.3) is 0 Å². The van der Waals surface area contributed by atoms with Crippen molar-refractivity contribution in [2.75, 3.05) is 21.3 Å². The van der Waals surface area contributed by atoms with E-state index in [1.807, 2.05) is 20.8 Å². The molecule has 3 saturated carbocycles. The highest BCUT2D eigenvalue weighted by Crippen LogP contribution is 2.68. The highest BCUT2D eigenvalue weighted by molar-refractivity contribution is 5.31. The summed E-state index contributed by atoms with van der Waals surface area (Å²) < 4.78 is 55.1. The third-order valence-corrected chi connectivity index (χ3v) is 15.8. The maximum atomic E-state index is 12.4. The van der Waals surface area contributed by atoms with Gasteiger partial charge < -0.3 is 73.3 Å². The smallest absolute Gasteiger partial charge is 0.187 e. The van der Waals surface area contributed by atoms with Crippen LogP contribution in [0.2, 0.25) is 0 Å². The lowest BCUT2D eigenvalue weighted by Crippen LogP contribution is -2.71. The Kier molecular flexibility index (Phi) is 13.0. The van der Waals surface area contributed by atoms with Gasteiger partial charge in [0.1, 0.15) is 30.5 Å². The van der Waals surface area contributed by atoms with E-state index in [0.717, 1.165) is 12.8 Å². The van der Waals surface area contributed by atoms with Gasteiger partial charge in [-0.1, -0.05) is 25.5 Å². The molecule has 7 rings (SSSR count). The summed E-state index contributed by atoms with van der Waals surface area (Å²) in [5.41, 5.74) is -1.43. The first kappa shape index (κ1) is 44.2. The second kappa shape index (κ2) is 16.8. The van der Waals surface area contributed by atoms with E-state index in [1.54, 1.807) is 28.1 Å². The van der Waals surface area contributed by atoms with Crippen LogP contribution in [0.15, 0.2) is 11.6 Å². The van der Waals surface area contributed by atoms with Crippen LogP contribution in [-0.2, 0) is 42.6 Å². The monoisotopic (exact) mass is 814 g/mol. The van der Waals surface area contributed by atoms with E-state index < -0.39 is 109 Å². The van der Waals surface area contributed by atoms with E-state index in [4.69, 9.17) is 42.6 Å². The summed E-state index contributed by atoms with van der Waals surface area (Å²) in [7, 11) is 4.66. The van der Waals surface area contributed by atoms with Gasteiger partial charge in [0.05, 0.1) is 60.5 Å². The zero-order valence-corrected chi connectivity index (χ0v) is 35.1. The largest absolute Gasteiger partial charge is 0.393 e. The minimum absolute atomic E-state index is 0.128. The third kappa shape index (κ3) is 7.39. The van der Waals surface area contributed by atoms with Crippen molar-refractivity contribution in [3.8, 4) is 0 Å². The highest BCUT2D eigenvalue weighted by Gasteiger charge is 2.72. The first-order chi connectivity index (χ1) is 26.9. The van der Waals surface area contributed by atoms with Gasteiger partial charge in [0.25, 0.3) is 0 Å². The van der Waals surface area contributed by atoms with Crippen molar-refractivity contribution in [3.05, 3.63) is 11.6 Å². The molecule has 328 valence electrons. The molecule has 7 aliphatic rings. The molecule has 0 bridgehead atoms. The molecule has 15 nitrogen and oxygen atoms in total. The van der Waals surface area contributed by atoms with Crippen LogP contribution in [0.1, 0.15) is 92.9 Å². The summed E-state index contributed by atoms with van der Waals surface area (Å²) in [6.45, 7) is 11.2. The predicted octanol–water partition coefficient (Wildman–Crippen LogP) is 1.94. The molecule has 57 heavy (non-hydrogen) atoms. The van der Waals surface area contributed by atoms with Crippen LogP contribution in [0.4, 0.5) is 0 Å². The van der Waals surface area contributed by atoms with Crippen molar-refractivity contribution < 1.29 is 73.3 Å².